The fourth-order valence-corrected chi connectivity index (χ4v) is 3.53. The number of aromatic nitrogens is 4. The van der Waals surface area contributed by atoms with E-state index in [1.165, 1.54) is 0 Å². The summed E-state index contributed by atoms with van der Waals surface area (Å²) in [6.07, 6.45) is 5.19. The molecular weight excluding hydrogens is 486 g/mol. The molecule has 0 aliphatic carbocycles. The van der Waals surface area contributed by atoms with Gasteiger partial charge in [-0.2, -0.15) is 15.5 Å². The molecule has 4 rings (SSSR count). The smallest absolute Gasteiger partial charge is 0.270 e. The highest BCUT2D eigenvalue weighted by atomic mass is 79.9. The van der Waals surface area contributed by atoms with Crippen LogP contribution < -0.4 is 15.7 Å². The molecule has 2 aromatic carbocycles. The van der Waals surface area contributed by atoms with Crippen molar-refractivity contribution in [2.75, 3.05) is 12.5 Å². The summed E-state index contributed by atoms with van der Waals surface area (Å²) in [5.74, 6) is 0.863. The van der Waals surface area contributed by atoms with Crippen LogP contribution in [0.5, 0.6) is 5.75 Å². The van der Waals surface area contributed by atoms with Crippen LogP contribution in [-0.2, 0) is 6.54 Å². The lowest BCUT2D eigenvalue weighted by molar-refractivity contribution is 0.407. The third-order valence-electron chi connectivity index (χ3n) is 4.70. The van der Waals surface area contributed by atoms with E-state index in [2.05, 4.69) is 41.5 Å². The second-order valence-electron chi connectivity index (χ2n) is 6.91. The molecule has 33 heavy (non-hydrogen) atoms. The summed E-state index contributed by atoms with van der Waals surface area (Å²) < 4.78 is 8.13. The third kappa shape index (κ3) is 5.16. The SMILES string of the molecule is COc1ccc(C=NNc2nc(-c3ccccc3)c(C#N)c(=O)[nH]2)cc1Cn1cc(Br)cn1. The first-order valence-electron chi connectivity index (χ1n) is 9.81. The Labute approximate surface area is 197 Å². The number of methoxy groups -OCH3 is 1. The van der Waals surface area contributed by atoms with Crippen LogP contribution >= 0.6 is 15.9 Å². The van der Waals surface area contributed by atoms with Crippen LogP contribution in [0, 0.1) is 11.3 Å². The van der Waals surface area contributed by atoms with Crippen LogP contribution in [0.25, 0.3) is 11.3 Å². The Bertz CT molecular complexity index is 1400. The average Bonchev–Trinajstić information content (AvgIpc) is 3.24. The second kappa shape index (κ2) is 9.93. The molecule has 164 valence electrons. The molecule has 0 bridgehead atoms. The van der Waals surface area contributed by atoms with Gasteiger partial charge in [0.2, 0.25) is 5.95 Å². The molecule has 0 fully saturated rings. The van der Waals surface area contributed by atoms with E-state index < -0.39 is 5.56 Å². The summed E-state index contributed by atoms with van der Waals surface area (Å²) in [6.45, 7) is 0.523. The Kier molecular flexibility index (Phi) is 6.61. The minimum Gasteiger partial charge on any atom is -0.496 e. The topological polar surface area (TPSA) is 121 Å². The summed E-state index contributed by atoms with van der Waals surface area (Å²) in [5.41, 5.74) is 4.83. The number of benzene rings is 2. The molecule has 2 N–H and O–H groups in total. The Hall–Kier alpha value is -4.23. The van der Waals surface area contributed by atoms with Gasteiger partial charge in [0.1, 0.15) is 17.4 Å². The fraction of sp³-hybridized carbons (Fsp3) is 0.0870. The maximum atomic E-state index is 12.4. The van der Waals surface area contributed by atoms with Crippen molar-refractivity contribution < 1.29 is 4.74 Å². The zero-order valence-electron chi connectivity index (χ0n) is 17.5. The molecule has 0 unspecified atom stereocenters. The molecule has 0 amide bonds. The number of nitriles is 1. The first-order chi connectivity index (χ1) is 16.1. The van der Waals surface area contributed by atoms with E-state index in [1.54, 1.807) is 36.3 Å². The monoisotopic (exact) mass is 503 g/mol. The number of halogens is 1. The lowest BCUT2D eigenvalue weighted by atomic mass is 10.1. The van der Waals surface area contributed by atoms with Gasteiger partial charge >= 0.3 is 0 Å². The number of H-pyrrole nitrogens is 1. The van der Waals surface area contributed by atoms with Crippen LogP contribution in [0.2, 0.25) is 0 Å². The van der Waals surface area contributed by atoms with Gasteiger partial charge < -0.3 is 4.74 Å². The van der Waals surface area contributed by atoms with Gasteiger partial charge in [-0.3, -0.25) is 14.5 Å². The first-order valence-corrected chi connectivity index (χ1v) is 10.6. The number of rotatable bonds is 7. The lowest BCUT2D eigenvalue weighted by Crippen LogP contribution is -2.16. The van der Waals surface area contributed by atoms with Crippen molar-refractivity contribution in [3.63, 3.8) is 0 Å². The highest BCUT2D eigenvalue weighted by Gasteiger charge is 2.13. The van der Waals surface area contributed by atoms with Gasteiger partial charge in [-0.05, 0) is 39.7 Å². The number of nitrogens with zero attached hydrogens (tertiary/aromatic N) is 5. The van der Waals surface area contributed by atoms with Crippen molar-refractivity contribution in [1.82, 2.24) is 19.7 Å². The summed E-state index contributed by atoms with van der Waals surface area (Å²) >= 11 is 3.39. The first kappa shape index (κ1) is 22.0. The second-order valence-corrected chi connectivity index (χ2v) is 7.83. The number of nitrogens with one attached hydrogen (secondary N) is 2. The Morgan fingerprint density at radius 2 is 2.12 bits per heavy atom. The molecular formula is C23H18BrN7O2. The highest BCUT2D eigenvalue weighted by Crippen LogP contribution is 2.22. The van der Waals surface area contributed by atoms with E-state index in [4.69, 9.17) is 4.74 Å². The predicted molar refractivity (Wildman–Crippen MR) is 128 cm³/mol. The number of anilines is 1. The molecule has 0 atom stereocenters. The number of ether oxygens (including phenoxy) is 1. The van der Waals surface area contributed by atoms with Gasteiger partial charge in [0.25, 0.3) is 5.56 Å². The summed E-state index contributed by atoms with van der Waals surface area (Å²) in [7, 11) is 1.62. The van der Waals surface area contributed by atoms with Crippen LogP contribution in [-0.4, -0.2) is 33.1 Å². The van der Waals surface area contributed by atoms with Gasteiger partial charge in [0.05, 0.1) is 36.2 Å². The van der Waals surface area contributed by atoms with Gasteiger partial charge in [-0.25, -0.2) is 10.4 Å². The number of hydrazone groups is 1. The van der Waals surface area contributed by atoms with E-state index >= 15 is 0 Å². The normalized spacial score (nSPS) is 10.8. The van der Waals surface area contributed by atoms with Gasteiger partial charge in [0.15, 0.2) is 0 Å². The van der Waals surface area contributed by atoms with Crippen LogP contribution in [0.3, 0.4) is 0 Å². The molecule has 0 saturated heterocycles. The average molecular weight is 504 g/mol. The van der Waals surface area contributed by atoms with Crippen LogP contribution in [0.1, 0.15) is 16.7 Å². The van der Waals surface area contributed by atoms with E-state index in [9.17, 15) is 10.1 Å². The minimum atomic E-state index is -0.541. The minimum absolute atomic E-state index is 0.0548. The van der Waals surface area contributed by atoms with Gasteiger partial charge in [0, 0.05) is 17.3 Å². The zero-order valence-corrected chi connectivity index (χ0v) is 19.1. The molecule has 10 heteroatoms. The predicted octanol–water partition coefficient (Wildman–Crippen LogP) is 3.77. The van der Waals surface area contributed by atoms with Crippen molar-refractivity contribution in [2.24, 2.45) is 5.10 Å². The molecule has 9 nitrogen and oxygen atoms in total. The summed E-state index contributed by atoms with van der Waals surface area (Å²) in [5, 5.41) is 17.8. The van der Waals surface area contributed by atoms with Gasteiger partial charge in [-0.1, -0.05) is 30.3 Å². The largest absolute Gasteiger partial charge is 0.496 e. The number of hydrogen-bond donors (Lipinski definition) is 2. The standard InChI is InChI=1S/C23H18BrN7O2/c1-33-20-8-7-15(9-17(20)13-31-14-18(24)12-27-31)11-26-30-23-28-21(16-5-3-2-4-6-16)19(10-25)22(32)29-23/h2-9,11-12,14H,13H2,1H3,(H2,28,29,30,32). The van der Waals surface area contributed by atoms with E-state index in [0.717, 1.165) is 21.3 Å². The molecule has 0 aliphatic rings. The molecule has 0 spiro atoms. The maximum Gasteiger partial charge on any atom is 0.270 e. The van der Waals surface area contributed by atoms with Crippen LogP contribution in [0.15, 0.2) is 75.3 Å². The molecule has 0 aliphatic heterocycles. The Balaban J connectivity index is 1.57. The van der Waals surface area contributed by atoms with E-state index in [-0.39, 0.29) is 17.2 Å². The van der Waals surface area contributed by atoms with Crippen LogP contribution in [0.4, 0.5) is 5.95 Å². The van der Waals surface area contributed by atoms with Crippen molar-refractivity contribution in [2.45, 2.75) is 6.54 Å². The highest BCUT2D eigenvalue weighted by molar-refractivity contribution is 9.10. The van der Waals surface area contributed by atoms with Crippen molar-refractivity contribution in [3.05, 3.63) is 92.4 Å². The lowest BCUT2D eigenvalue weighted by Gasteiger charge is -2.09. The Morgan fingerprint density at radius 3 is 2.82 bits per heavy atom. The van der Waals surface area contributed by atoms with Crippen molar-refractivity contribution in [1.29, 1.82) is 5.26 Å². The van der Waals surface area contributed by atoms with E-state index in [0.29, 0.717) is 12.1 Å². The Morgan fingerprint density at radius 1 is 1.30 bits per heavy atom. The van der Waals surface area contributed by atoms with Gasteiger partial charge in [-0.15, -0.1) is 0 Å². The summed E-state index contributed by atoms with van der Waals surface area (Å²) in [4.78, 5) is 19.3. The quantitative estimate of drug-likeness (QED) is 0.292. The van der Waals surface area contributed by atoms with Crippen molar-refractivity contribution >= 4 is 28.1 Å². The maximum absolute atomic E-state index is 12.4. The molecule has 4 aromatic rings. The number of hydrogen-bond acceptors (Lipinski definition) is 7. The molecule has 2 aromatic heterocycles. The fourth-order valence-electron chi connectivity index (χ4n) is 3.20. The third-order valence-corrected chi connectivity index (χ3v) is 5.11. The van der Waals surface area contributed by atoms with Crippen molar-refractivity contribution in [3.8, 4) is 23.1 Å². The molecule has 2 heterocycles. The van der Waals surface area contributed by atoms with E-state index in [1.807, 2.05) is 48.7 Å². The zero-order chi connectivity index (χ0) is 23.2. The molecule has 0 radical (unpaired) electrons. The number of aromatic amines is 1. The molecule has 0 saturated carbocycles. The summed E-state index contributed by atoms with van der Waals surface area (Å²) in [6, 6.07) is 16.6.